The molecule has 0 saturated heterocycles. The summed E-state index contributed by atoms with van der Waals surface area (Å²) in [5.74, 6) is 0. The monoisotopic (exact) mass is 313 g/mol. The lowest BCUT2D eigenvalue weighted by Gasteiger charge is -2.15. The molecule has 0 radical (unpaired) electrons. The van der Waals surface area contributed by atoms with E-state index in [9.17, 15) is 13.2 Å². The molecular formula is C9H7F3IN. The first-order valence-corrected chi connectivity index (χ1v) is 5.15. The molecule has 0 saturated carbocycles. The second kappa shape index (κ2) is 3.37. The molecule has 0 bridgehead atoms. The van der Waals surface area contributed by atoms with E-state index in [-0.39, 0.29) is 0 Å². The summed E-state index contributed by atoms with van der Waals surface area (Å²) in [5, 5.41) is 2.46. The molecular weight excluding hydrogens is 306 g/mol. The Morgan fingerprint density at radius 2 is 2.07 bits per heavy atom. The molecule has 2 rings (SSSR count). The molecule has 1 aliphatic rings. The summed E-state index contributed by atoms with van der Waals surface area (Å²) in [5.41, 5.74) is 1.11. The van der Waals surface area contributed by atoms with Gasteiger partial charge in [0.05, 0.1) is 0 Å². The van der Waals surface area contributed by atoms with E-state index in [1.807, 2.05) is 28.7 Å². The highest BCUT2D eigenvalue weighted by atomic mass is 127. The molecule has 1 N–H and O–H groups in total. The van der Waals surface area contributed by atoms with Gasteiger partial charge in [-0.15, -0.1) is 0 Å². The second-order valence-corrected chi connectivity index (χ2v) is 4.44. The van der Waals surface area contributed by atoms with Crippen molar-refractivity contribution in [3.05, 3.63) is 32.9 Å². The number of halogens is 4. The molecule has 1 aromatic carbocycles. The summed E-state index contributed by atoms with van der Waals surface area (Å²) in [6, 6.07) is 3.66. The van der Waals surface area contributed by atoms with E-state index >= 15 is 0 Å². The lowest BCUT2D eigenvalue weighted by Crippen LogP contribution is -2.28. The van der Waals surface area contributed by atoms with Gasteiger partial charge in [0.25, 0.3) is 0 Å². The van der Waals surface area contributed by atoms with Crippen LogP contribution in [0.3, 0.4) is 0 Å². The van der Waals surface area contributed by atoms with Crippen LogP contribution in [-0.4, -0.2) is 6.18 Å². The van der Waals surface area contributed by atoms with E-state index in [0.29, 0.717) is 12.1 Å². The molecule has 1 nitrogen and oxygen atoms in total. The molecule has 1 aliphatic heterocycles. The van der Waals surface area contributed by atoms with Gasteiger partial charge in [-0.3, -0.25) is 5.32 Å². The topological polar surface area (TPSA) is 12.0 Å². The van der Waals surface area contributed by atoms with Crippen molar-refractivity contribution >= 4 is 22.6 Å². The molecule has 76 valence electrons. The van der Waals surface area contributed by atoms with Crippen molar-refractivity contribution in [2.45, 2.75) is 18.8 Å². The normalized spacial score (nSPS) is 21.0. The first-order chi connectivity index (χ1) is 6.48. The van der Waals surface area contributed by atoms with Crippen LogP contribution in [0.2, 0.25) is 0 Å². The fourth-order valence-electron chi connectivity index (χ4n) is 1.61. The van der Waals surface area contributed by atoms with Crippen LogP contribution in [0.4, 0.5) is 13.2 Å². The Kier molecular flexibility index (Phi) is 2.46. The molecule has 1 atom stereocenters. The van der Waals surface area contributed by atoms with Crippen molar-refractivity contribution in [3.63, 3.8) is 0 Å². The van der Waals surface area contributed by atoms with Crippen LogP contribution in [0.25, 0.3) is 0 Å². The van der Waals surface area contributed by atoms with Crippen LogP contribution < -0.4 is 5.32 Å². The summed E-state index contributed by atoms with van der Waals surface area (Å²) in [4.78, 5) is 0. The van der Waals surface area contributed by atoms with Gasteiger partial charge in [-0.2, -0.15) is 13.2 Å². The minimum atomic E-state index is -4.20. The van der Waals surface area contributed by atoms with Crippen molar-refractivity contribution < 1.29 is 13.2 Å². The Morgan fingerprint density at radius 3 is 2.71 bits per heavy atom. The van der Waals surface area contributed by atoms with E-state index in [1.54, 1.807) is 12.1 Å². The number of hydrogen-bond acceptors (Lipinski definition) is 1. The van der Waals surface area contributed by atoms with Crippen LogP contribution >= 0.6 is 22.6 Å². The number of benzene rings is 1. The maximum atomic E-state index is 12.5. The van der Waals surface area contributed by atoms with Crippen molar-refractivity contribution in [3.8, 4) is 0 Å². The fourth-order valence-corrected chi connectivity index (χ4v) is 2.12. The van der Waals surface area contributed by atoms with Gasteiger partial charge in [0.2, 0.25) is 0 Å². The summed E-state index contributed by atoms with van der Waals surface area (Å²) >= 11 is 2.02. The third-order valence-electron chi connectivity index (χ3n) is 2.24. The van der Waals surface area contributed by atoms with Gasteiger partial charge in [0.15, 0.2) is 0 Å². The number of alkyl halides is 3. The molecule has 14 heavy (non-hydrogen) atoms. The van der Waals surface area contributed by atoms with Crippen molar-refractivity contribution in [1.82, 2.24) is 5.32 Å². The predicted octanol–water partition coefficient (Wildman–Crippen LogP) is 3.00. The lowest BCUT2D eigenvalue weighted by molar-refractivity contribution is -0.155. The highest BCUT2D eigenvalue weighted by Gasteiger charge is 2.44. The lowest BCUT2D eigenvalue weighted by atomic mass is 10.1. The molecule has 5 heteroatoms. The molecule has 1 heterocycles. The molecule has 0 fully saturated rings. The Hall–Kier alpha value is -0.300. The first kappa shape index (κ1) is 10.2. The van der Waals surface area contributed by atoms with E-state index in [4.69, 9.17) is 0 Å². The summed E-state index contributed by atoms with van der Waals surface area (Å²) in [7, 11) is 0. The summed E-state index contributed by atoms with van der Waals surface area (Å²) < 4.78 is 38.4. The number of nitrogens with one attached hydrogen (secondary N) is 1. The Labute approximate surface area is 92.8 Å². The number of hydrogen-bond donors (Lipinski definition) is 1. The molecule has 0 aliphatic carbocycles. The smallest absolute Gasteiger partial charge is 0.298 e. The van der Waals surface area contributed by atoms with Gasteiger partial charge in [0.1, 0.15) is 6.04 Å². The van der Waals surface area contributed by atoms with Crippen molar-refractivity contribution in [2.75, 3.05) is 0 Å². The summed E-state index contributed by atoms with van der Waals surface area (Å²) in [6.45, 7) is 0.302. The van der Waals surface area contributed by atoms with E-state index in [0.717, 1.165) is 9.13 Å². The van der Waals surface area contributed by atoms with Gasteiger partial charge in [0, 0.05) is 10.1 Å². The molecule has 1 aromatic rings. The van der Waals surface area contributed by atoms with Crippen LogP contribution in [0, 0.1) is 3.57 Å². The quantitative estimate of drug-likeness (QED) is 0.726. The fraction of sp³-hybridized carbons (Fsp3) is 0.333. The zero-order valence-electron chi connectivity index (χ0n) is 7.03. The van der Waals surface area contributed by atoms with E-state index in [2.05, 4.69) is 5.32 Å². The van der Waals surface area contributed by atoms with Gasteiger partial charge < -0.3 is 0 Å². The van der Waals surface area contributed by atoms with Crippen molar-refractivity contribution in [2.24, 2.45) is 0 Å². The van der Waals surface area contributed by atoms with E-state index in [1.165, 1.54) is 0 Å². The second-order valence-electron chi connectivity index (χ2n) is 3.20. The molecule has 0 unspecified atom stereocenters. The Morgan fingerprint density at radius 1 is 1.36 bits per heavy atom. The van der Waals surface area contributed by atoms with Crippen LogP contribution in [-0.2, 0) is 6.54 Å². The van der Waals surface area contributed by atoms with Crippen LogP contribution in [0.5, 0.6) is 0 Å². The zero-order chi connectivity index (χ0) is 10.3. The van der Waals surface area contributed by atoms with Gasteiger partial charge in [-0.05, 0) is 45.9 Å². The third-order valence-corrected chi connectivity index (χ3v) is 2.91. The largest absolute Gasteiger partial charge is 0.407 e. The average molecular weight is 313 g/mol. The Bertz CT molecular complexity index is 362. The van der Waals surface area contributed by atoms with Gasteiger partial charge >= 0.3 is 6.18 Å². The van der Waals surface area contributed by atoms with Gasteiger partial charge in [-0.25, -0.2) is 0 Å². The first-order valence-electron chi connectivity index (χ1n) is 4.07. The van der Waals surface area contributed by atoms with Crippen LogP contribution in [0.1, 0.15) is 17.2 Å². The highest BCUT2D eigenvalue weighted by molar-refractivity contribution is 14.1. The standard InChI is InChI=1S/C9H7F3IN/c10-9(11,12)8-7-3-6(13)2-1-5(7)4-14-8/h1-3,8,14H,4H2/t8-/m1/s1. The maximum Gasteiger partial charge on any atom is 0.407 e. The predicted molar refractivity (Wildman–Crippen MR) is 54.8 cm³/mol. The SMILES string of the molecule is FC(F)(F)[C@@H]1NCc2ccc(I)cc21. The third kappa shape index (κ3) is 1.75. The Balaban J connectivity index is 2.43. The number of rotatable bonds is 0. The molecule has 0 aromatic heterocycles. The maximum absolute atomic E-state index is 12.5. The number of fused-ring (bicyclic) bond motifs is 1. The minimum Gasteiger partial charge on any atom is -0.298 e. The van der Waals surface area contributed by atoms with E-state index < -0.39 is 12.2 Å². The highest BCUT2D eigenvalue weighted by Crippen LogP contribution is 2.38. The minimum absolute atomic E-state index is 0.302. The summed E-state index contributed by atoms with van der Waals surface area (Å²) in [6.07, 6.45) is -4.20. The van der Waals surface area contributed by atoms with Crippen LogP contribution in [0.15, 0.2) is 18.2 Å². The zero-order valence-corrected chi connectivity index (χ0v) is 9.19. The molecule has 0 amide bonds. The van der Waals surface area contributed by atoms with Crippen molar-refractivity contribution in [1.29, 1.82) is 0 Å². The van der Waals surface area contributed by atoms with Gasteiger partial charge in [-0.1, -0.05) is 6.07 Å². The average Bonchev–Trinajstić information content (AvgIpc) is 2.45. The molecule has 0 spiro atoms.